The van der Waals surface area contributed by atoms with Gasteiger partial charge in [-0.2, -0.15) is 5.10 Å². The molecule has 1 aliphatic rings. The largest absolute Gasteiger partial charge is 0.494 e. The van der Waals surface area contributed by atoms with E-state index in [1.807, 2.05) is 102 Å². The summed E-state index contributed by atoms with van der Waals surface area (Å²) in [7, 11) is 1.34. The molecule has 0 bridgehead atoms. The van der Waals surface area contributed by atoms with Gasteiger partial charge in [-0.15, -0.1) is 11.8 Å². The van der Waals surface area contributed by atoms with Crippen LogP contribution in [0.4, 0.5) is 0 Å². The molecular weight excluding hydrogens is 617 g/mol. The predicted molar refractivity (Wildman–Crippen MR) is 183 cm³/mol. The zero-order valence-electron chi connectivity index (χ0n) is 26.1. The number of thiazole rings is 1. The topological polar surface area (TPSA) is 87.7 Å². The summed E-state index contributed by atoms with van der Waals surface area (Å²) in [5.74, 6) is 0.292. The molecule has 0 amide bonds. The molecule has 1 aliphatic heterocycles. The van der Waals surface area contributed by atoms with Crippen LogP contribution in [0.1, 0.15) is 43.9 Å². The lowest BCUT2D eigenvalue weighted by Crippen LogP contribution is -2.39. The first-order valence-electron chi connectivity index (χ1n) is 15.0. The maximum absolute atomic E-state index is 14.2. The third kappa shape index (κ3) is 6.23. The van der Waals surface area contributed by atoms with Crippen LogP contribution < -0.4 is 19.6 Å². The molecule has 5 aromatic rings. The molecule has 8 nitrogen and oxygen atoms in total. The van der Waals surface area contributed by atoms with Gasteiger partial charge in [0, 0.05) is 22.2 Å². The lowest BCUT2D eigenvalue weighted by molar-refractivity contribution is -0.136. The Morgan fingerprint density at radius 3 is 2.46 bits per heavy atom. The summed E-state index contributed by atoms with van der Waals surface area (Å²) in [4.78, 5) is 33.6. The zero-order valence-corrected chi connectivity index (χ0v) is 27.7. The molecule has 10 heteroatoms. The van der Waals surface area contributed by atoms with E-state index < -0.39 is 12.0 Å². The summed E-state index contributed by atoms with van der Waals surface area (Å²) >= 11 is 2.92. The SMILES string of the molecule is CCCCOc1ccc(-c2nn(-c3ccccc3)cc2C=c2sc3n(c2=O)C(c2ccc(SC)cc2)C(C(=O)OC)=C(C)N=3)cc1. The minimum Gasteiger partial charge on any atom is -0.494 e. The molecule has 0 N–H and O–H groups in total. The first-order chi connectivity index (χ1) is 22.4. The van der Waals surface area contributed by atoms with E-state index in [0.717, 1.165) is 51.6 Å². The lowest BCUT2D eigenvalue weighted by atomic mass is 9.96. The highest BCUT2D eigenvalue weighted by Gasteiger charge is 2.33. The molecule has 3 heterocycles. The van der Waals surface area contributed by atoms with E-state index >= 15 is 0 Å². The Balaban J connectivity index is 1.49. The fourth-order valence-corrected chi connectivity index (χ4v) is 6.85. The lowest BCUT2D eigenvalue weighted by Gasteiger charge is -2.24. The number of nitrogens with zero attached hydrogens (tertiary/aromatic N) is 4. The van der Waals surface area contributed by atoms with Crippen molar-refractivity contribution in [1.29, 1.82) is 0 Å². The number of ether oxygens (including phenoxy) is 2. The van der Waals surface area contributed by atoms with E-state index in [1.165, 1.54) is 18.4 Å². The van der Waals surface area contributed by atoms with Crippen molar-refractivity contribution in [3.05, 3.63) is 127 Å². The Kier molecular flexibility index (Phi) is 9.37. The minimum absolute atomic E-state index is 0.241. The fourth-order valence-electron chi connectivity index (χ4n) is 5.41. The van der Waals surface area contributed by atoms with Gasteiger partial charge >= 0.3 is 5.97 Å². The Labute approximate surface area is 275 Å². The van der Waals surface area contributed by atoms with E-state index in [-0.39, 0.29) is 5.56 Å². The molecule has 0 saturated carbocycles. The maximum atomic E-state index is 14.2. The molecule has 0 spiro atoms. The number of unbranched alkanes of at least 4 members (excludes halogenated alkanes) is 1. The van der Waals surface area contributed by atoms with E-state index in [2.05, 4.69) is 6.92 Å². The van der Waals surface area contributed by atoms with E-state index in [1.54, 1.807) is 23.3 Å². The van der Waals surface area contributed by atoms with Crippen LogP contribution in [-0.4, -0.2) is 40.3 Å². The molecule has 1 unspecified atom stereocenters. The number of hydrogen-bond donors (Lipinski definition) is 0. The third-order valence-corrected chi connectivity index (χ3v) is 9.53. The van der Waals surface area contributed by atoms with Crippen LogP contribution in [0.15, 0.2) is 111 Å². The minimum atomic E-state index is -0.673. The van der Waals surface area contributed by atoms with Crippen molar-refractivity contribution < 1.29 is 14.3 Å². The fraction of sp³-hybridized carbons (Fsp3) is 0.222. The van der Waals surface area contributed by atoms with Gasteiger partial charge in [0.05, 0.1) is 41.2 Å². The number of aromatic nitrogens is 3. The number of fused-ring (bicyclic) bond motifs is 1. The first kappa shape index (κ1) is 31.3. The zero-order chi connectivity index (χ0) is 32.2. The van der Waals surface area contributed by atoms with Gasteiger partial charge < -0.3 is 9.47 Å². The second-order valence-electron chi connectivity index (χ2n) is 10.8. The number of esters is 1. The molecule has 3 aromatic carbocycles. The molecule has 0 fully saturated rings. The molecule has 0 radical (unpaired) electrons. The van der Waals surface area contributed by atoms with Crippen molar-refractivity contribution in [2.75, 3.05) is 20.0 Å². The Bertz CT molecular complexity index is 2080. The van der Waals surface area contributed by atoms with Gasteiger partial charge in [-0.25, -0.2) is 14.5 Å². The maximum Gasteiger partial charge on any atom is 0.338 e. The second-order valence-corrected chi connectivity index (χ2v) is 12.7. The first-order valence-corrected chi connectivity index (χ1v) is 17.1. The molecule has 6 rings (SSSR count). The van der Waals surface area contributed by atoms with Gasteiger partial charge in [-0.3, -0.25) is 9.36 Å². The van der Waals surface area contributed by atoms with Gasteiger partial charge in [0.1, 0.15) is 11.4 Å². The van der Waals surface area contributed by atoms with Crippen LogP contribution in [0.3, 0.4) is 0 Å². The Morgan fingerprint density at radius 2 is 1.78 bits per heavy atom. The van der Waals surface area contributed by atoms with E-state index in [9.17, 15) is 9.59 Å². The predicted octanol–water partition coefficient (Wildman–Crippen LogP) is 6.16. The summed E-state index contributed by atoms with van der Waals surface area (Å²) in [6, 6.07) is 24.9. The van der Waals surface area contributed by atoms with Gasteiger partial charge in [0.15, 0.2) is 4.80 Å². The van der Waals surface area contributed by atoms with Crippen LogP contribution in [0, 0.1) is 0 Å². The Hall–Kier alpha value is -4.67. The number of carbonyl (C=O) groups is 1. The summed E-state index contributed by atoms with van der Waals surface area (Å²) in [6.07, 6.45) is 7.86. The molecule has 1 atom stereocenters. The molecule has 0 aliphatic carbocycles. The van der Waals surface area contributed by atoms with Gasteiger partial charge in [-0.05, 0) is 79.8 Å². The summed E-state index contributed by atoms with van der Waals surface area (Å²) in [5, 5.41) is 4.95. The summed E-state index contributed by atoms with van der Waals surface area (Å²) < 4.78 is 14.9. The average molecular weight is 651 g/mol. The number of carbonyl (C=O) groups excluding carboxylic acids is 1. The molecular formula is C36H34N4O4S2. The quantitative estimate of drug-likeness (QED) is 0.102. The molecule has 46 heavy (non-hydrogen) atoms. The summed E-state index contributed by atoms with van der Waals surface area (Å²) in [6.45, 7) is 4.59. The number of para-hydroxylation sites is 1. The highest BCUT2D eigenvalue weighted by molar-refractivity contribution is 7.98. The van der Waals surface area contributed by atoms with Crippen molar-refractivity contribution in [2.24, 2.45) is 4.99 Å². The number of thioether (sulfide) groups is 1. The van der Waals surface area contributed by atoms with Crippen LogP contribution in [0.5, 0.6) is 5.75 Å². The van der Waals surface area contributed by atoms with Crippen molar-refractivity contribution in [1.82, 2.24) is 14.3 Å². The van der Waals surface area contributed by atoms with Crippen molar-refractivity contribution in [2.45, 2.75) is 37.6 Å². The molecule has 0 saturated heterocycles. The molecule has 234 valence electrons. The number of allylic oxidation sites excluding steroid dienone is 1. The standard InChI is InChI=1S/C36H34N4O4S2/c1-5-6-20-44-28-16-12-24(13-17-28)32-26(22-39(38-32)27-10-8-7-9-11-27)21-30-34(41)40-33(25-14-18-29(45-4)19-15-25)31(35(42)43-3)23(2)37-36(40)46-30/h7-19,21-22,33H,5-6,20H2,1-4H3. The van der Waals surface area contributed by atoms with Crippen LogP contribution in [0.25, 0.3) is 23.0 Å². The van der Waals surface area contributed by atoms with Gasteiger partial charge in [0.2, 0.25) is 0 Å². The normalized spacial score (nSPS) is 14.6. The molecule has 2 aromatic heterocycles. The summed E-state index contributed by atoms with van der Waals surface area (Å²) in [5.41, 5.74) is 4.73. The van der Waals surface area contributed by atoms with Crippen LogP contribution in [-0.2, 0) is 9.53 Å². The number of benzene rings is 3. The second kappa shape index (κ2) is 13.8. The number of hydrogen-bond acceptors (Lipinski definition) is 8. The smallest absolute Gasteiger partial charge is 0.338 e. The monoisotopic (exact) mass is 650 g/mol. The number of rotatable bonds is 10. The van der Waals surface area contributed by atoms with Crippen molar-refractivity contribution in [3.8, 4) is 22.7 Å². The van der Waals surface area contributed by atoms with Crippen molar-refractivity contribution in [3.63, 3.8) is 0 Å². The van der Waals surface area contributed by atoms with Crippen LogP contribution >= 0.6 is 23.1 Å². The van der Waals surface area contributed by atoms with Gasteiger partial charge in [-0.1, -0.05) is 55.0 Å². The van der Waals surface area contributed by atoms with E-state index in [4.69, 9.17) is 19.6 Å². The average Bonchev–Trinajstić information content (AvgIpc) is 3.65. The van der Waals surface area contributed by atoms with Crippen molar-refractivity contribution >= 4 is 35.1 Å². The van der Waals surface area contributed by atoms with Gasteiger partial charge in [0.25, 0.3) is 5.56 Å². The highest BCUT2D eigenvalue weighted by Crippen LogP contribution is 2.32. The van der Waals surface area contributed by atoms with E-state index in [0.29, 0.717) is 27.2 Å². The highest BCUT2D eigenvalue weighted by atomic mass is 32.2. The number of methoxy groups -OCH3 is 1. The van der Waals surface area contributed by atoms with Crippen LogP contribution in [0.2, 0.25) is 0 Å². The Morgan fingerprint density at radius 1 is 1.04 bits per heavy atom. The third-order valence-electron chi connectivity index (χ3n) is 7.80.